The molecular formula is C18H15FN2O3S. The molecule has 1 fully saturated rings. The second-order valence-corrected chi connectivity index (χ2v) is 6.19. The van der Waals surface area contributed by atoms with E-state index in [1.807, 2.05) is 18.2 Å². The highest BCUT2D eigenvalue weighted by Gasteiger charge is 2.34. The van der Waals surface area contributed by atoms with Crippen LogP contribution >= 0.6 is 11.8 Å². The monoisotopic (exact) mass is 358 g/mol. The Balaban J connectivity index is 1.73. The first-order chi connectivity index (χ1) is 12.1. The molecule has 0 aliphatic carbocycles. The largest absolute Gasteiger partial charge is 0.496 e. The van der Waals surface area contributed by atoms with Crippen LogP contribution in [0.2, 0.25) is 0 Å². The summed E-state index contributed by atoms with van der Waals surface area (Å²) in [6, 6.07) is 12.9. The van der Waals surface area contributed by atoms with Gasteiger partial charge >= 0.3 is 0 Å². The quantitative estimate of drug-likeness (QED) is 0.821. The van der Waals surface area contributed by atoms with E-state index in [0.29, 0.717) is 16.3 Å². The number of hydrogen-bond donors (Lipinski definition) is 1. The molecule has 0 aromatic heterocycles. The topological polar surface area (TPSA) is 58.6 Å². The Kier molecular flexibility index (Phi) is 5.04. The zero-order valence-corrected chi connectivity index (χ0v) is 14.2. The number of carbonyl (C=O) groups excluding carboxylic acids is 2. The molecule has 7 heteroatoms. The molecule has 128 valence electrons. The lowest BCUT2D eigenvalue weighted by molar-refractivity contribution is -0.122. The summed E-state index contributed by atoms with van der Waals surface area (Å²) in [5.74, 6) is -0.106. The smallest absolute Gasteiger partial charge is 0.295 e. The fraction of sp³-hybridized carbons (Fsp3) is 0.111. The predicted octanol–water partition coefficient (Wildman–Crippen LogP) is 3.94. The number of carbonyl (C=O) groups is 2. The van der Waals surface area contributed by atoms with Gasteiger partial charge < -0.3 is 10.1 Å². The van der Waals surface area contributed by atoms with Gasteiger partial charge in [0, 0.05) is 11.3 Å². The number of ether oxygens (including phenoxy) is 1. The number of rotatable bonds is 5. The molecule has 1 heterocycles. The zero-order chi connectivity index (χ0) is 17.8. The van der Waals surface area contributed by atoms with Gasteiger partial charge in [-0.15, -0.1) is 0 Å². The molecule has 1 aliphatic heterocycles. The number of imide groups is 1. The SMILES string of the molecule is COc1ccccc1/C=C1\SC(=O)N(CNc2ccc(F)cc2)C1=O. The van der Waals surface area contributed by atoms with Crippen LogP contribution < -0.4 is 10.1 Å². The van der Waals surface area contributed by atoms with Gasteiger partial charge in [0.2, 0.25) is 0 Å². The molecule has 1 aliphatic rings. The van der Waals surface area contributed by atoms with Crippen LogP contribution in [0.25, 0.3) is 6.08 Å². The number of methoxy groups -OCH3 is 1. The minimum atomic E-state index is -0.379. The number of amides is 2. The van der Waals surface area contributed by atoms with Crippen molar-refractivity contribution in [3.8, 4) is 5.75 Å². The van der Waals surface area contributed by atoms with Crippen molar-refractivity contribution in [3.05, 3.63) is 64.8 Å². The van der Waals surface area contributed by atoms with Gasteiger partial charge in [-0.3, -0.25) is 14.5 Å². The van der Waals surface area contributed by atoms with Crippen LogP contribution in [-0.2, 0) is 4.79 Å². The van der Waals surface area contributed by atoms with Crippen molar-refractivity contribution < 1.29 is 18.7 Å². The van der Waals surface area contributed by atoms with Gasteiger partial charge in [-0.25, -0.2) is 4.39 Å². The van der Waals surface area contributed by atoms with E-state index in [1.54, 1.807) is 31.4 Å². The number of hydrogen-bond acceptors (Lipinski definition) is 5. The Morgan fingerprint density at radius 3 is 2.60 bits per heavy atom. The molecule has 0 radical (unpaired) electrons. The highest BCUT2D eigenvalue weighted by Crippen LogP contribution is 2.33. The van der Waals surface area contributed by atoms with E-state index in [2.05, 4.69) is 5.32 Å². The average molecular weight is 358 g/mol. The zero-order valence-electron chi connectivity index (χ0n) is 13.4. The average Bonchev–Trinajstić information content (AvgIpc) is 2.88. The van der Waals surface area contributed by atoms with E-state index in [4.69, 9.17) is 4.74 Å². The summed E-state index contributed by atoms with van der Waals surface area (Å²) in [6.45, 7) is 0.0135. The predicted molar refractivity (Wildman–Crippen MR) is 95.7 cm³/mol. The number of para-hydroxylation sites is 1. The molecular weight excluding hydrogens is 343 g/mol. The minimum absolute atomic E-state index is 0.0135. The molecule has 5 nitrogen and oxygen atoms in total. The number of nitrogens with zero attached hydrogens (tertiary/aromatic N) is 1. The molecule has 0 unspecified atom stereocenters. The van der Waals surface area contributed by atoms with E-state index in [-0.39, 0.29) is 23.6 Å². The van der Waals surface area contributed by atoms with Crippen LogP contribution in [0.3, 0.4) is 0 Å². The molecule has 25 heavy (non-hydrogen) atoms. The number of halogens is 1. The summed E-state index contributed by atoms with van der Waals surface area (Å²) in [6.07, 6.45) is 1.64. The lowest BCUT2D eigenvalue weighted by Gasteiger charge is -2.14. The van der Waals surface area contributed by atoms with Crippen LogP contribution in [0.15, 0.2) is 53.4 Å². The van der Waals surface area contributed by atoms with Crippen LogP contribution in [0.1, 0.15) is 5.56 Å². The Hall–Kier alpha value is -2.80. The van der Waals surface area contributed by atoms with Gasteiger partial charge in [0.05, 0.1) is 18.7 Å². The lowest BCUT2D eigenvalue weighted by Crippen LogP contribution is -2.33. The molecule has 0 atom stereocenters. The van der Waals surface area contributed by atoms with E-state index in [1.165, 1.54) is 12.1 Å². The summed E-state index contributed by atoms with van der Waals surface area (Å²) >= 11 is 0.876. The summed E-state index contributed by atoms with van der Waals surface area (Å²) < 4.78 is 18.2. The maximum atomic E-state index is 12.9. The Morgan fingerprint density at radius 1 is 1.16 bits per heavy atom. The second-order valence-electron chi connectivity index (χ2n) is 5.19. The van der Waals surface area contributed by atoms with Gasteiger partial charge in [0.1, 0.15) is 11.6 Å². The molecule has 0 saturated carbocycles. The summed E-state index contributed by atoms with van der Waals surface area (Å²) in [4.78, 5) is 26.0. The molecule has 2 aromatic rings. The third-order valence-corrected chi connectivity index (χ3v) is 4.49. The first-order valence-electron chi connectivity index (χ1n) is 7.46. The first-order valence-corrected chi connectivity index (χ1v) is 8.28. The molecule has 0 bridgehead atoms. The Morgan fingerprint density at radius 2 is 1.88 bits per heavy atom. The van der Waals surface area contributed by atoms with Crippen molar-refractivity contribution in [2.45, 2.75) is 0 Å². The maximum Gasteiger partial charge on any atom is 0.295 e. The number of thioether (sulfide) groups is 1. The maximum absolute atomic E-state index is 12.9. The molecule has 3 rings (SSSR count). The first kappa shape index (κ1) is 17.0. The normalized spacial score (nSPS) is 15.8. The highest BCUT2D eigenvalue weighted by molar-refractivity contribution is 8.18. The van der Waals surface area contributed by atoms with E-state index in [0.717, 1.165) is 22.2 Å². The van der Waals surface area contributed by atoms with Gasteiger partial charge in [-0.05, 0) is 48.2 Å². The van der Waals surface area contributed by atoms with Gasteiger partial charge in [0.25, 0.3) is 11.1 Å². The van der Waals surface area contributed by atoms with Crippen LogP contribution in [-0.4, -0.2) is 29.8 Å². The fourth-order valence-electron chi connectivity index (χ4n) is 2.30. The molecule has 2 amide bonds. The summed E-state index contributed by atoms with van der Waals surface area (Å²) in [5, 5.41) is 2.57. The lowest BCUT2D eigenvalue weighted by atomic mass is 10.2. The van der Waals surface area contributed by atoms with Crippen LogP contribution in [0.5, 0.6) is 5.75 Å². The van der Waals surface area contributed by atoms with E-state index in [9.17, 15) is 14.0 Å². The standard InChI is InChI=1S/C18H15FN2O3S/c1-24-15-5-3-2-4-12(15)10-16-17(22)21(18(23)25-16)11-20-14-8-6-13(19)7-9-14/h2-10,20H,11H2,1H3/b16-10-. The number of nitrogens with one attached hydrogen (secondary N) is 1. The van der Waals surface area contributed by atoms with E-state index < -0.39 is 0 Å². The third-order valence-electron chi connectivity index (χ3n) is 3.58. The molecule has 2 aromatic carbocycles. The van der Waals surface area contributed by atoms with E-state index >= 15 is 0 Å². The van der Waals surface area contributed by atoms with Crippen molar-refractivity contribution in [3.63, 3.8) is 0 Å². The minimum Gasteiger partial charge on any atom is -0.496 e. The van der Waals surface area contributed by atoms with Crippen molar-refractivity contribution in [2.24, 2.45) is 0 Å². The van der Waals surface area contributed by atoms with Gasteiger partial charge in [-0.2, -0.15) is 0 Å². The summed E-state index contributed by atoms with van der Waals surface area (Å²) in [5.41, 5.74) is 1.34. The molecule has 1 N–H and O–H groups in total. The fourth-order valence-corrected chi connectivity index (χ4v) is 3.13. The van der Waals surface area contributed by atoms with Crippen molar-refractivity contribution >= 4 is 34.7 Å². The van der Waals surface area contributed by atoms with Gasteiger partial charge in [-0.1, -0.05) is 18.2 Å². The molecule has 0 spiro atoms. The highest BCUT2D eigenvalue weighted by atomic mass is 32.2. The summed E-state index contributed by atoms with van der Waals surface area (Å²) in [7, 11) is 1.55. The Bertz CT molecular complexity index is 836. The van der Waals surface area contributed by atoms with Crippen molar-refractivity contribution in [1.29, 1.82) is 0 Å². The van der Waals surface area contributed by atoms with Crippen LogP contribution in [0, 0.1) is 5.82 Å². The van der Waals surface area contributed by atoms with Gasteiger partial charge in [0.15, 0.2) is 0 Å². The molecule has 1 saturated heterocycles. The van der Waals surface area contributed by atoms with Crippen LogP contribution in [0.4, 0.5) is 14.9 Å². The Labute approximate surface area is 148 Å². The number of anilines is 1. The third kappa shape index (κ3) is 3.83. The number of benzene rings is 2. The van der Waals surface area contributed by atoms with Crippen molar-refractivity contribution in [2.75, 3.05) is 19.1 Å². The second kappa shape index (κ2) is 7.40. The van der Waals surface area contributed by atoms with Crippen molar-refractivity contribution in [1.82, 2.24) is 4.90 Å².